The van der Waals surface area contributed by atoms with Crippen LogP contribution >= 0.6 is 11.3 Å². The number of hydrogen-bond acceptors (Lipinski definition) is 4. The second-order valence-electron chi connectivity index (χ2n) is 12.8. The lowest BCUT2D eigenvalue weighted by Gasteiger charge is -2.10. The Bertz CT molecular complexity index is 3290. The molecule has 6 heteroatoms. The summed E-state index contributed by atoms with van der Waals surface area (Å²) in [5.74, 6) is 0. The molecule has 5 nitrogen and oxygen atoms in total. The molecule has 0 radical (unpaired) electrons. The van der Waals surface area contributed by atoms with Crippen molar-refractivity contribution in [3.05, 3.63) is 145 Å². The summed E-state index contributed by atoms with van der Waals surface area (Å²) in [6.45, 7) is 0. The summed E-state index contributed by atoms with van der Waals surface area (Å²) in [5.41, 5.74) is 9.40. The number of furan rings is 1. The molecule has 0 aliphatic heterocycles. The maximum Gasteiger partial charge on any atom is 0.136 e. The molecule has 0 bridgehead atoms. The molecule has 0 spiro atoms. The lowest BCUT2D eigenvalue weighted by molar-refractivity contribution is 0.669. The second kappa shape index (κ2) is 9.84. The van der Waals surface area contributed by atoms with Gasteiger partial charge in [0.1, 0.15) is 11.2 Å². The largest absolute Gasteiger partial charge is 0.456 e. The first-order chi connectivity index (χ1) is 24.7. The van der Waals surface area contributed by atoms with Gasteiger partial charge in [0.2, 0.25) is 0 Å². The van der Waals surface area contributed by atoms with E-state index in [1.165, 1.54) is 30.9 Å². The molecule has 230 valence electrons. The van der Waals surface area contributed by atoms with E-state index in [1.807, 2.05) is 48.5 Å². The van der Waals surface area contributed by atoms with Crippen LogP contribution < -0.4 is 0 Å². The molecule has 0 saturated heterocycles. The van der Waals surface area contributed by atoms with Crippen molar-refractivity contribution in [3.8, 4) is 23.5 Å². The van der Waals surface area contributed by atoms with Gasteiger partial charge in [-0.25, -0.2) is 0 Å². The van der Waals surface area contributed by atoms with E-state index in [2.05, 4.69) is 106 Å². The Balaban J connectivity index is 1.17. The quantitative estimate of drug-likeness (QED) is 0.186. The van der Waals surface area contributed by atoms with Crippen molar-refractivity contribution in [1.82, 2.24) is 9.13 Å². The topological polar surface area (TPSA) is 70.6 Å². The average Bonchev–Trinajstić information content (AvgIpc) is 3.91. The number of fused-ring (bicyclic) bond motifs is 13. The third-order valence-corrected chi connectivity index (χ3v) is 11.3. The first-order valence-electron chi connectivity index (χ1n) is 16.4. The Morgan fingerprint density at radius 3 is 1.66 bits per heavy atom. The molecule has 11 aromatic rings. The fraction of sp³-hybridized carbons (Fsp3) is 0. The third-order valence-electron chi connectivity index (χ3n) is 10.2. The highest BCUT2D eigenvalue weighted by Crippen LogP contribution is 2.43. The van der Waals surface area contributed by atoms with Crippen LogP contribution in [0.2, 0.25) is 0 Å². The van der Waals surface area contributed by atoms with Gasteiger partial charge in [-0.2, -0.15) is 10.5 Å². The highest BCUT2D eigenvalue weighted by Gasteiger charge is 2.20. The highest BCUT2D eigenvalue weighted by atomic mass is 32.1. The summed E-state index contributed by atoms with van der Waals surface area (Å²) < 4.78 is 13.4. The molecule has 11 rings (SSSR count). The number of nitriles is 2. The second-order valence-corrected chi connectivity index (χ2v) is 13.9. The van der Waals surface area contributed by atoms with Crippen LogP contribution in [0.4, 0.5) is 0 Å². The Kier molecular flexibility index (Phi) is 5.34. The summed E-state index contributed by atoms with van der Waals surface area (Å²) in [4.78, 5) is 0. The number of nitrogens with zero attached hydrogens (tertiary/aromatic N) is 4. The van der Waals surface area contributed by atoms with Crippen molar-refractivity contribution in [2.24, 2.45) is 0 Å². The van der Waals surface area contributed by atoms with Gasteiger partial charge in [-0.05, 0) is 97.1 Å². The molecule has 0 aliphatic carbocycles. The fourth-order valence-corrected chi connectivity index (χ4v) is 9.09. The van der Waals surface area contributed by atoms with Crippen LogP contribution in [0.1, 0.15) is 11.1 Å². The molecule has 0 aliphatic rings. The summed E-state index contributed by atoms with van der Waals surface area (Å²) in [6.07, 6.45) is 0. The maximum absolute atomic E-state index is 9.66. The molecular formula is C44H22N4OS. The fourth-order valence-electron chi connectivity index (χ4n) is 8.02. The Morgan fingerprint density at radius 2 is 1.00 bits per heavy atom. The summed E-state index contributed by atoms with van der Waals surface area (Å²) in [5, 5.41) is 28.3. The van der Waals surface area contributed by atoms with Crippen molar-refractivity contribution in [3.63, 3.8) is 0 Å². The van der Waals surface area contributed by atoms with E-state index in [0.29, 0.717) is 11.1 Å². The Labute approximate surface area is 288 Å². The van der Waals surface area contributed by atoms with Crippen molar-refractivity contribution in [2.45, 2.75) is 0 Å². The van der Waals surface area contributed by atoms with Crippen molar-refractivity contribution in [2.75, 3.05) is 0 Å². The lowest BCUT2D eigenvalue weighted by atomic mass is 10.1. The summed E-state index contributed by atoms with van der Waals surface area (Å²) in [7, 11) is 0. The van der Waals surface area contributed by atoms with E-state index in [4.69, 9.17) is 4.42 Å². The van der Waals surface area contributed by atoms with Gasteiger partial charge >= 0.3 is 0 Å². The zero-order chi connectivity index (χ0) is 33.1. The molecule has 0 fully saturated rings. The van der Waals surface area contributed by atoms with Gasteiger partial charge in [0, 0.05) is 63.9 Å². The normalized spacial score (nSPS) is 12.0. The summed E-state index contributed by atoms with van der Waals surface area (Å²) >= 11 is 1.80. The number of hydrogen-bond donors (Lipinski definition) is 0. The predicted octanol–water partition coefficient (Wildman–Crippen LogP) is 11.9. The van der Waals surface area contributed by atoms with Crippen LogP contribution in [0.15, 0.2) is 138 Å². The SMILES string of the molecule is N#Cc1ccc2c(c1)c1cc(C#N)ccc1n2-c1ccc2sc3ccc(-n4c5ccccc5c5c6c(ccc54)oc4ccccc46)cc3c2c1. The zero-order valence-corrected chi connectivity index (χ0v) is 27.1. The monoisotopic (exact) mass is 654 g/mol. The molecular weight excluding hydrogens is 633 g/mol. The van der Waals surface area contributed by atoms with Gasteiger partial charge in [0.05, 0.1) is 45.3 Å². The molecule has 4 aromatic heterocycles. The van der Waals surface area contributed by atoms with Gasteiger partial charge in [-0.3, -0.25) is 0 Å². The van der Waals surface area contributed by atoms with E-state index in [0.717, 1.165) is 66.2 Å². The van der Waals surface area contributed by atoms with Gasteiger partial charge in [-0.1, -0.05) is 36.4 Å². The Morgan fingerprint density at radius 1 is 0.440 bits per heavy atom. The van der Waals surface area contributed by atoms with Crippen LogP contribution in [-0.4, -0.2) is 9.13 Å². The van der Waals surface area contributed by atoms with Crippen molar-refractivity contribution < 1.29 is 4.42 Å². The van der Waals surface area contributed by atoms with E-state index < -0.39 is 0 Å². The van der Waals surface area contributed by atoms with Gasteiger partial charge in [0.25, 0.3) is 0 Å². The van der Waals surface area contributed by atoms with Crippen molar-refractivity contribution in [1.29, 1.82) is 10.5 Å². The molecule has 0 unspecified atom stereocenters. The van der Waals surface area contributed by atoms with Gasteiger partial charge in [0.15, 0.2) is 0 Å². The van der Waals surface area contributed by atoms with Gasteiger partial charge < -0.3 is 13.6 Å². The smallest absolute Gasteiger partial charge is 0.136 e. The zero-order valence-electron chi connectivity index (χ0n) is 26.3. The number of thiophene rings is 1. The van der Waals surface area contributed by atoms with E-state index in [-0.39, 0.29) is 0 Å². The third kappa shape index (κ3) is 3.58. The maximum atomic E-state index is 9.66. The molecule has 0 atom stereocenters. The number of rotatable bonds is 2. The number of aromatic nitrogens is 2. The van der Waals surface area contributed by atoms with Crippen LogP contribution in [-0.2, 0) is 0 Å². The van der Waals surface area contributed by atoms with Crippen LogP contribution in [0, 0.1) is 22.7 Å². The molecule has 7 aromatic carbocycles. The van der Waals surface area contributed by atoms with Crippen LogP contribution in [0.25, 0.3) is 97.1 Å². The molecule has 0 amide bonds. The minimum Gasteiger partial charge on any atom is -0.456 e. The molecule has 0 N–H and O–H groups in total. The molecule has 0 saturated carbocycles. The lowest BCUT2D eigenvalue weighted by Crippen LogP contribution is -1.94. The summed E-state index contributed by atoms with van der Waals surface area (Å²) in [6, 6.07) is 50.8. The van der Waals surface area contributed by atoms with E-state index >= 15 is 0 Å². The van der Waals surface area contributed by atoms with Crippen LogP contribution in [0.3, 0.4) is 0 Å². The van der Waals surface area contributed by atoms with Gasteiger partial charge in [-0.15, -0.1) is 11.3 Å². The standard InChI is InChI=1S/C44H22N4OS/c45-23-25-9-13-36-31(19-25)32-20-26(24-46)10-14-37(32)47(36)27-11-17-41-33(21-27)34-22-28(12-18-42(34)50-41)48-35-7-3-1-5-29(35)43-38(48)15-16-40-44(43)30-6-2-4-8-39(30)49-40/h1-22H. The average molecular weight is 655 g/mol. The minimum absolute atomic E-state index is 0.595. The first kappa shape index (κ1) is 27.1. The molecule has 4 heterocycles. The van der Waals surface area contributed by atoms with E-state index in [1.54, 1.807) is 11.3 Å². The highest BCUT2D eigenvalue weighted by molar-refractivity contribution is 7.25. The minimum atomic E-state index is 0.595. The Hall–Kier alpha value is -6.86. The number of benzene rings is 7. The molecule has 50 heavy (non-hydrogen) atoms. The van der Waals surface area contributed by atoms with Crippen molar-refractivity contribution >= 4 is 97.1 Å². The van der Waals surface area contributed by atoms with Crippen LogP contribution in [0.5, 0.6) is 0 Å². The predicted molar refractivity (Wildman–Crippen MR) is 205 cm³/mol. The first-order valence-corrected chi connectivity index (χ1v) is 17.2. The number of para-hydroxylation sites is 2. The van der Waals surface area contributed by atoms with E-state index in [9.17, 15) is 10.5 Å².